The molecule has 0 bridgehead atoms. The van der Waals surface area contributed by atoms with E-state index in [1.54, 1.807) is 6.07 Å². The van der Waals surface area contributed by atoms with Crippen LogP contribution in [0.3, 0.4) is 0 Å². The van der Waals surface area contributed by atoms with Crippen molar-refractivity contribution in [2.24, 2.45) is 0 Å². The molecule has 0 saturated carbocycles. The molecule has 5 rings (SSSR count). The van der Waals surface area contributed by atoms with Crippen LogP contribution in [0, 0.1) is 6.92 Å². The largest absolute Gasteiger partial charge is 0.359 e. The highest BCUT2D eigenvalue weighted by molar-refractivity contribution is 6.14. The first-order chi connectivity index (χ1) is 16.2. The van der Waals surface area contributed by atoms with Gasteiger partial charge < -0.3 is 14.8 Å². The summed E-state index contributed by atoms with van der Waals surface area (Å²) in [4.78, 5) is 29.1. The SMILES string of the molecule is Cc1cccc2[nH]c(C(=O)C3=Cc4c(cccc4NC(=O)Nc4cc(C(C)(C)C)on4)C3)cc12. The lowest BCUT2D eigenvalue weighted by Gasteiger charge is -2.12. The van der Waals surface area contributed by atoms with Crippen LogP contribution in [-0.2, 0) is 11.8 Å². The van der Waals surface area contributed by atoms with Gasteiger partial charge in [-0.3, -0.25) is 10.1 Å². The van der Waals surface area contributed by atoms with E-state index in [4.69, 9.17) is 4.52 Å². The van der Waals surface area contributed by atoms with Gasteiger partial charge in [-0.1, -0.05) is 50.2 Å². The smallest absolute Gasteiger partial charge is 0.324 e. The predicted octanol–water partition coefficient (Wildman–Crippen LogP) is 6.23. The van der Waals surface area contributed by atoms with Gasteiger partial charge in [-0.15, -0.1) is 0 Å². The van der Waals surface area contributed by atoms with E-state index in [1.165, 1.54) is 0 Å². The van der Waals surface area contributed by atoms with Crippen LogP contribution in [0.4, 0.5) is 16.3 Å². The van der Waals surface area contributed by atoms with Gasteiger partial charge in [0.05, 0.1) is 5.69 Å². The zero-order chi connectivity index (χ0) is 24.0. The number of carbonyl (C=O) groups is 2. The number of aromatic amines is 1. The highest BCUT2D eigenvalue weighted by Gasteiger charge is 2.24. The molecule has 3 N–H and O–H groups in total. The van der Waals surface area contributed by atoms with Gasteiger partial charge in [0.25, 0.3) is 0 Å². The van der Waals surface area contributed by atoms with E-state index in [-0.39, 0.29) is 11.2 Å². The van der Waals surface area contributed by atoms with E-state index in [0.29, 0.717) is 35.0 Å². The summed E-state index contributed by atoms with van der Waals surface area (Å²) in [5.41, 5.74) is 5.56. The Morgan fingerprint density at radius 2 is 1.85 bits per heavy atom. The van der Waals surface area contributed by atoms with Crippen molar-refractivity contribution < 1.29 is 14.1 Å². The Morgan fingerprint density at radius 3 is 2.59 bits per heavy atom. The molecule has 34 heavy (non-hydrogen) atoms. The van der Waals surface area contributed by atoms with Crippen molar-refractivity contribution in [3.63, 3.8) is 0 Å². The number of Topliss-reactive ketones (excluding diaryl/α,β-unsaturated/α-hetero) is 1. The van der Waals surface area contributed by atoms with E-state index in [0.717, 1.165) is 27.6 Å². The molecule has 2 amide bonds. The number of amides is 2. The first kappa shape index (κ1) is 21.7. The first-order valence-electron chi connectivity index (χ1n) is 11.2. The molecule has 2 heterocycles. The Morgan fingerprint density at radius 1 is 1.06 bits per heavy atom. The van der Waals surface area contributed by atoms with Crippen LogP contribution in [0.2, 0.25) is 0 Å². The fraction of sp³-hybridized carbons (Fsp3) is 0.222. The van der Waals surface area contributed by atoms with E-state index in [1.807, 2.05) is 76.2 Å². The Bertz CT molecular complexity index is 1470. The molecule has 4 aromatic rings. The van der Waals surface area contributed by atoms with Crippen LogP contribution < -0.4 is 10.6 Å². The van der Waals surface area contributed by atoms with Crippen LogP contribution in [0.15, 0.2) is 58.6 Å². The number of nitrogens with zero attached hydrogens (tertiary/aromatic N) is 1. The number of hydrogen-bond donors (Lipinski definition) is 3. The van der Waals surface area contributed by atoms with Crippen LogP contribution >= 0.6 is 0 Å². The minimum Gasteiger partial charge on any atom is -0.359 e. The fourth-order valence-electron chi connectivity index (χ4n) is 4.18. The van der Waals surface area contributed by atoms with E-state index < -0.39 is 6.03 Å². The maximum Gasteiger partial charge on any atom is 0.324 e. The van der Waals surface area contributed by atoms with Crippen molar-refractivity contribution in [2.75, 3.05) is 10.6 Å². The van der Waals surface area contributed by atoms with Gasteiger partial charge in [0.1, 0.15) is 5.76 Å². The molecule has 2 aromatic heterocycles. The molecular weight excluding hydrogens is 428 g/mol. The number of nitrogens with one attached hydrogen (secondary N) is 3. The molecule has 1 aliphatic rings. The second-order valence-electron chi connectivity index (χ2n) is 9.68. The van der Waals surface area contributed by atoms with Gasteiger partial charge in [0.2, 0.25) is 5.78 Å². The highest BCUT2D eigenvalue weighted by Crippen LogP contribution is 2.33. The van der Waals surface area contributed by atoms with Gasteiger partial charge in [-0.2, -0.15) is 0 Å². The monoisotopic (exact) mass is 454 g/mol. The summed E-state index contributed by atoms with van der Waals surface area (Å²) in [6, 6.07) is 14.8. The van der Waals surface area contributed by atoms with Gasteiger partial charge >= 0.3 is 6.03 Å². The molecule has 0 unspecified atom stereocenters. The number of aryl methyl sites for hydroxylation is 1. The van der Waals surface area contributed by atoms with Crippen molar-refractivity contribution in [1.29, 1.82) is 0 Å². The molecular formula is C27H26N4O3. The molecule has 1 aliphatic carbocycles. The summed E-state index contributed by atoms with van der Waals surface area (Å²) < 4.78 is 5.32. The number of H-pyrrole nitrogens is 1. The highest BCUT2D eigenvalue weighted by atomic mass is 16.5. The summed E-state index contributed by atoms with van der Waals surface area (Å²) in [6.45, 7) is 8.05. The maximum absolute atomic E-state index is 13.2. The minimum absolute atomic E-state index is 0.0421. The molecule has 0 fully saturated rings. The Labute approximate surface area is 197 Å². The minimum atomic E-state index is -0.429. The number of hydrogen-bond acceptors (Lipinski definition) is 4. The normalized spacial score (nSPS) is 13.0. The van der Waals surface area contributed by atoms with Crippen LogP contribution in [-0.4, -0.2) is 22.0 Å². The van der Waals surface area contributed by atoms with Gasteiger partial charge in [-0.25, -0.2) is 4.79 Å². The second-order valence-corrected chi connectivity index (χ2v) is 9.68. The van der Waals surface area contributed by atoms with E-state index in [9.17, 15) is 9.59 Å². The van der Waals surface area contributed by atoms with Crippen LogP contribution in [0.25, 0.3) is 17.0 Å². The number of ketones is 1. The average molecular weight is 455 g/mol. The number of benzene rings is 2. The zero-order valence-corrected chi connectivity index (χ0v) is 19.6. The van der Waals surface area contributed by atoms with Crippen molar-refractivity contribution in [2.45, 2.75) is 39.5 Å². The third-order valence-electron chi connectivity index (χ3n) is 6.05. The summed E-state index contributed by atoms with van der Waals surface area (Å²) in [6.07, 6.45) is 2.37. The standard InChI is InChI=1S/C27H26N4O3/c1-15-7-5-9-20-18(15)13-22(28-20)25(32)17-11-16-8-6-10-21(19(16)12-17)29-26(33)30-24-14-23(34-31-24)27(2,3)4/h5-10,12-14,28H,11H2,1-4H3,(H2,29,30,31,33). The Kier molecular flexibility index (Phi) is 5.12. The van der Waals surface area contributed by atoms with Crippen molar-refractivity contribution in [3.8, 4) is 0 Å². The zero-order valence-electron chi connectivity index (χ0n) is 19.6. The van der Waals surface area contributed by atoms with Crippen molar-refractivity contribution >= 4 is 40.3 Å². The molecule has 0 saturated heterocycles. The van der Waals surface area contributed by atoms with Crippen LogP contribution in [0.5, 0.6) is 0 Å². The number of fused-ring (bicyclic) bond motifs is 2. The number of rotatable bonds is 4. The number of carbonyl (C=O) groups excluding carboxylic acids is 2. The third-order valence-corrected chi connectivity index (χ3v) is 6.05. The van der Waals surface area contributed by atoms with Gasteiger partial charge in [0, 0.05) is 45.6 Å². The molecule has 0 spiro atoms. The molecule has 0 radical (unpaired) electrons. The third kappa shape index (κ3) is 4.01. The summed E-state index contributed by atoms with van der Waals surface area (Å²) in [5, 5.41) is 10.5. The number of allylic oxidation sites excluding steroid dienone is 1. The van der Waals surface area contributed by atoms with Crippen molar-refractivity contribution in [3.05, 3.63) is 82.2 Å². The van der Waals surface area contributed by atoms with E-state index in [2.05, 4.69) is 20.8 Å². The number of urea groups is 1. The van der Waals surface area contributed by atoms with Crippen LogP contribution in [0.1, 0.15) is 53.7 Å². The molecule has 0 aliphatic heterocycles. The summed E-state index contributed by atoms with van der Waals surface area (Å²) in [7, 11) is 0. The van der Waals surface area contributed by atoms with E-state index >= 15 is 0 Å². The molecule has 2 aromatic carbocycles. The predicted molar refractivity (Wildman–Crippen MR) is 133 cm³/mol. The first-order valence-corrected chi connectivity index (χ1v) is 11.2. The number of aromatic nitrogens is 2. The number of anilines is 2. The maximum atomic E-state index is 13.2. The quantitative estimate of drug-likeness (QED) is 0.318. The van der Waals surface area contributed by atoms with Gasteiger partial charge in [0.15, 0.2) is 5.82 Å². The molecule has 0 atom stereocenters. The average Bonchev–Trinajstić information content (AvgIpc) is 3.51. The molecule has 172 valence electrons. The summed E-state index contributed by atoms with van der Waals surface area (Å²) in [5.74, 6) is 0.983. The lowest BCUT2D eigenvalue weighted by atomic mass is 9.93. The topological polar surface area (TPSA) is 100 Å². The lowest BCUT2D eigenvalue weighted by molar-refractivity contribution is 0.103. The summed E-state index contributed by atoms with van der Waals surface area (Å²) >= 11 is 0. The lowest BCUT2D eigenvalue weighted by Crippen LogP contribution is -2.20. The second kappa shape index (κ2) is 8.02. The Balaban J connectivity index is 1.35. The molecule has 7 heteroatoms. The Hall–Kier alpha value is -4.13. The fourth-order valence-corrected chi connectivity index (χ4v) is 4.18. The van der Waals surface area contributed by atoms with Crippen molar-refractivity contribution in [1.82, 2.24) is 10.1 Å². The molecule has 7 nitrogen and oxygen atoms in total. The van der Waals surface area contributed by atoms with Gasteiger partial charge in [-0.05, 0) is 42.3 Å².